The van der Waals surface area contributed by atoms with Gasteiger partial charge in [-0.1, -0.05) is 54.6 Å². The van der Waals surface area contributed by atoms with Gasteiger partial charge >= 0.3 is 0 Å². The van der Waals surface area contributed by atoms with E-state index in [-0.39, 0.29) is 36.2 Å². The topological polar surface area (TPSA) is 179 Å². The summed E-state index contributed by atoms with van der Waals surface area (Å²) in [6.07, 6.45) is -5.15. The zero-order valence-corrected chi connectivity index (χ0v) is 27.8. The summed E-state index contributed by atoms with van der Waals surface area (Å²) in [4.78, 5) is 12.6. The number of aryl methyl sites for hydroxylation is 2. The number of amides is 1. The maximum absolute atomic E-state index is 15.7. The van der Waals surface area contributed by atoms with Crippen molar-refractivity contribution in [1.29, 1.82) is 0 Å². The first kappa shape index (κ1) is 35.2. The minimum Gasteiger partial charge on any atom is -0.395 e. The lowest BCUT2D eigenvalue weighted by Gasteiger charge is -2.37. The van der Waals surface area contributed by atoms with E-state index in [2.05, 4.69) is 22.6 Å². The first-order valence-corrected chi connectivity index (χ1v) is 19.0. The van der Waals surface area contributed by atoms with Crippen molar-refractivity contribution in [3.63, 3.8) is 0 Å². The van der Waals surface area contributed by atoms with E-state index in [1.807, 2.05) is 48.7 Å². The maximum atomic E-state index is 15.7. The number of aliphatic hydroxyl groups excluding tert-OH is 5. The van der Waals surface area contributed by atoms with Crippen molar-refractivity contribution in [2.45, 2.75) is 100 Å². The number of benzene rings is 2. The number of rotatable bonds is 12. The van der Waals surface area contributed by atoms with Gasteiger partial charge < -0.3 is 44.4 Å². The first-order chi connectivity index (χ1) is 22.4. The number of hydrogen-bond acceptors (Lipinski definition) is 10. The molecule has 3 aromatic rings. The largest absolute Gasteiger partial charge is 0.395 e. The van der Waals surface area contributed by atoms with E-state index in [0.717, 1.165) is 11.1 Å². The van der Waals surface area contributed by atoms with Gasteiger partial charge in [0.25, 0.3) is 5.91 Å². The van der Waals surface area contributed by atoms with Gasteiger partial charge in [0.1, 0.15) is 18.3 Å². The lowest BCUT2D eigenvalue weighted by molar-refractivity contribution is -0.274. The number of hydrogen-bond donors (Lipinski definition) is 6. The third-order valence-corrected chi connectivity index (χ3v) is 11.9. The summed E-state index contributed by atoms with van der Waals surface area (Å²) in [5.74, 6) is -1.02. The number of nitrogens with zero attached hydrogens (tertiary/aromatic N) is 3. The molecule has 0 radical (unpaired) electrons. The number of ether oxygens (including phenoxy) is 2. The molecule has 256 valence electrons. The predicted octanol–water partition coefficient (Wildman–Crippen LogP) is 2.11. The van der Waals surface area contributed by atoms with Gasteiger partial charge in [-0.2, -0.15) is 0 Å². The summed E-state index contributed by atoms with van der Waals surface area (Å²) < 4.78 is 28.9. The van der Waals surface area contributed by atoms with Crippen LogP contribution in [-0.4, -0.2) is 104 Å². The molecule has 1 aromatic heterocycles. The Hall–Kier alpha value is -3.08. The molecule has 6 N–H and O–H groups in total. The number of anilines is 1. The van der Waals surface area contributed by atoms with E-state index in [0.29, 0.717) is 37.2 Å². The van der Waals surface area contributed by atoms with E-state index >= 15 is 4.11 Å². The van der Waals surface area contributed by atoms with Gasteiger partial charge in [-0.05, 0) is 61.5 Å². The normalized spacial score (nSPS) is 30.3. The Morgan fingerprint density at radius 1 is 0.979 bits per heavy atom. The van der Waals surface area contributed by atoms with Crippen LogP contribution in [0.4, 0.5) is 9.80 Å². The molecule has 5 rings (SSSR count). The highest BCUT2D eigenvalue weighted by Gasteiger charge is 2.51. The first-order valence-electron chi connectivity index (χ1n) is 16.0. The fourth-order valence-corrected chi connectivity index (χ4v) is 9.49. The number of carbonyl (C=O) groups excluding carboxylic acids is 1. The number of nitrogens with one attached hydrogen (secondary N) is 1. The van der Waals surface area contributed by atoms with Crippen LogP contribution in [0.2, 0.25) is 18.6 Å². The van der Waals surface area contributed by atoms with Gasteiger partial charge in [-0.3, -0.25) is 9.48 Å². The van der Waals surface area contributed by atoms with Gasteiger partial charge in [0.15, 0.2) is 12.4 Å². The molecule has 2 aliphatic rings. The molecule has 2 fully saturated rings. The molecule has 2 aromatic carbocycles. The zero-order valence-electron chi connectivity index (χ0n) is 26.8. The molecule has 14 heteroatoms. The number of halogens is 1. The van der Waals surface area contributed by atoms with Crippen LogP contribution >= 0.6 is 0 Å². The summed E-state index contributed by atoms with van der Waals surface area (Å²) in [7, 11) is -3.07. The summed E-state index contributed by atoms with van der Waals surface area (Å²) in [6.45, 7) is 5.96. The van der Waals surface area contributed by atoms with Gasteiger partial charge in [-0.15, -0.1) is 5.10 Å². The Bertz CT molecular complexity index is 1460. The third kappa shape index (κ3) is 8.15. The molecule has 3 heterocycles. The summed E-state index contributed by atoms with van der Waals surface area (Å²) in [5, 5.41) is 60.5. The smallest absolute Gasteiger partial charge is 0.256 e. The summed E-state index contributed by atoms with van der Waals surface area (Å²) in [5.41, 5.74) is 2.87. The molecule has 1 unspecified atom stereocenters. The lowest BCUT2D eigenvalue weighted by Crippen LogP contribution is -2.60. The second-order valence-corrected chi connectivity index (χ2v) is 16.9. The van der Waals surface area contributed by atoms with E-state index in [9.17, 15) is 30.3 Å². The quantitative estimate of drug-likeness (QED) is 0.123. The molecular weight excluding hydrogens is 627 g/mol. The fourth-order valence-electron chi connectivity index (χ4n) is 6.90. The third-order valence-electron chi connectivity index (χ3n) is 9.42. The number of aromatic nitrogens is 3. The summed E-state index contributed by atoms with van der Waals surface area (Å²) >= 11 is 0. The van der Waals surface area contributed by atoms with Crippen molar-refractivity contribution < 1.29 is 43.9 Å². The van der Waals surface area contributed by atoms with Crippen LogP contribution in [0.25, 0.3) is 0 Å². The Morgan fingerprint density at radius 3 is 2.34 bits per heavy atom. The average molecular weight is 673 g/mol. The fraction of sp³-hybridized carbons (Fsp3) is 0.545. The molecule has 10 atom stereocenters. The Morgan fingerprint density at radius 2 is 1.68 bits per heavy atom. The molecule has 1 amide bonds. The van der Waals surface area contributed by atoms with Crippen LogP contribution in [0.5, 0.6) is 0 Å². The van der Waals surface area contributed by atoms with Gasteiger partial charge in [0.05, 0.1) is 30.4 Å². The molecule has 0 bridgehead atoms. The van der Waals surface area contributed by atoms with Crippen molar-refractivity contribution >= 4 is 20.0 Å². The van der Waals surface area contributed by atoms with Crippen molar-refractivity contribution in [1.82, 2.24) is 15.0 Å². The Balaban J connectivity index is 1.16. The second-order valence-electron chi connectivity index (χ2n) is 13.1. The van der Waals surface area contributed by atoms with Gasteiger partial charge in [-0.25, -0.2) is 0 Å². The molecule has 47 heavy (non-hydrogen) atoms. The van der Waals surface area contributed by atoms with Crippen LogP contribution < -0.4 is 5.32 Å². The van der Waals surface area contributed by atoms with Crippen molar-refractivity contribution in [2.75, 3.05) is 11.9 Å². The maximum Gasteiger partial charge on any atom is 0.256 e. The molecular formula is C33H45FN4O8Si. The van der Waals surface area contributed by atoms with E-state index in [1.54, 1.807) is 29.9 Å². The van der Waals surface area contributed by atoms with Gasteiger partial charge in [0, 0.05) is 24.0 Å². The Kier molecular flexibility index (Phi) is 11.2. The Labute approximate surface area is 274 Å². The second kappa shape index (κ2) is 15.0. The molecule has 2 aliphatic heterocycles. The van der Waals surface area contributed by atoms with Gasteiger partial charge in [0.2, 0.25) is 8.41 Å². The molecule has 0 aliphatic carbocycles. The zero-order chi connectivity index (χ0) is 33.9. The predicted molar refractivity (Wildman–Crippen MR) is 172 cm³/mol. The lowest BCUT2D eigenvalue weighted by atomic mass is 9.95. The highest BCUT2D eigenvalue weighted by molar-refractivity contribution is 6.72. The highest BCUT2D eigenvalue weighted by atomic mass is 28.4. The minimum atomic E-state index is -3.07. The SMILES string of the molecule is C[C@H]1[C@H]([Si](C)(C)F)[C@@H](CCn2cc(C(CO)c3ccccc3)nn2)O[C@H]1CCc1ccc(NC(=O)[C@H]2O[C@@H](O)[C@H](O)[C@@H](O)[C@@H]2O)cc1. The van der Waals surface area contributed by atoms with Crippen LogP contribution in [0, 0.1) is 5.92 Å². The van der Waals surface area contributed by atoms with Crippen LogP contribution in [0.3, 0.4) is 0 Å². The van der Waals surface area contributed by atoms with Crippen LogP contribution in [0.1, 0.15) is 42.5 Å². The van der Waals surface area contributed by atoms with E-state index < -0.39 is 45.0 Å². The van der Waals surface area contributed by atoms with E-state index in [1.165, 1.54) is 0 Å². The highest BCUT2D eigenvalue weighted by Crippen LogP contribution is 2.47. The van der Waals surface area contributed by atoms with Crippen LogP contribution in [0.15, 0.2) is 60.8 Å². The van der Waals surface area contributed by atoms with Crippen molar-refractivity contribution in [2.24, 2.45) is 5.92 Å². The van der Waals surface area contributed by atoms with Crippen molar-refractivity contribution in [3.05, 3.63) is 77.6 Å². The molecule has 0 saturated carbocycles. The van der Waals surface area contributed by atoms with Crippen molar-refractivity contribution in [3.8, 4) is 0 Å². The minimum absolute atomic E-state index is 0.0273. The molecule has 2 saturated heterocycles. The molecule has 12 nitrogen and oxygen atoms in total. The van der Waals surface area contributed by atoms with E-state index in [4.69, 9.17) is 9.47 Å². The average Bonchev–Trinajstić information content (AvgIpc) is 3.65. The van der Waals surface area contributed by atoms with Crippen LogP contribution in [-0.2, 0) is 27.2 Å². The standard InChI is InChI=1S/C33H45FN4O8Si/c1-19-25(14-11-20-9-12-22(13-10-20)35-32(43)30-28(41)27(40)29(42)33(44)46-30)45-26(31(19)47(2,3)34)15-16-38-17-24(36-37-38)23(18-39)21-7-5-4-6-8-21/h4-10,12-13,17,19,23,25-31,33,39-42,44H,11,14-16,18H2,1-3H3,(H,35,43)/t19-,23?,25+,26-,27+,28+,29-,30+,31+,33-/m1/s1. The number of carbonyl (C=O) groups is 1. The molecule has 0 spiro atoms. The monoisotopic (exact) mass is 672 g/mol. The summed E-state index contributed by atoms with van der Waals surface area (Å²) in [6, 6.07) is 16.7. The number of aliphatic hydroxyl groups is 5.